The summed E-state index contributed by atoms with van der Waals surface area (Å²) >= 11 is 0. The second-order valence-electron chi connectivity index (χ2n) is 3.46. The molecule has 2 heterocycles. The Morgan fingerprint density at radius 3 is 2.19 bits per heavy atom. The van der Waals surface area contributed by atoms with Crippen LogP contribution in [0.1, 0.15) is 0 Å². The summed E-state index contributed by atoms with van der Waals surface area (Å²) in [4.78, 5) is 7.90. The van der Waals surface area contributed by atoms with Gasteiger partial charge in [-0.25, -0.2) is 0 Å². The highest BCUT2D eigenvalue weighted by Crippen LogP contribution is 2.38. The molecule has 0 unspecified atom stereocenters. The highest BCUT2D eigenvalue weighted by Gasteiger charge is 2.10. The topological polar surface area (TPSA) is 68.7 Å². The van der Waals surface area contributed by atoms with Crippen LogP contribution in [0.25, 0.3) is 21.8 Å². The minimum absolute atomic E-state index is 0.216. The molecule has 0 saturated carbocycles. The van der Waals surface area contributed by atoms with Crippen LogP contribution in [-0.4, -0.2) is 9.97 Å². The van der Waals surface area contributed by atoms with Gasteiger partial charge in [0.25, 0.3) is 0 Å². The van der Waals surface area contributed by atoms with Crippen molar-refractivity contribution in [3.05, 3.63) is 36.7 Å². The third-order valence-electron chi connectivity index (χ3n) is 2.54. The molecule has 16 heavy (non-hydrogen) atoms. The van der Waals surface area contributed by atoms with E-state index in [9.17, 15) is 10.2 Å². The van der Waals surface area contributed by atoms with Crippen LogP contribution in [0, 0.1) is 0 Å². The number of hydrogen-bond acceptors (Lipinski definition) is 3. The van der Waals surface area contributed by atoms with Crippen molar-refractivity contribution in [2.24, 2.45) is 0 Å². The molecule has 0 N–H and O–H groups in total. The highest BCUT2D eigenvalue weighted by molar-refractivity contribution is 6.10. The maximum atomic E-state index is 11.7. The maximum Gasteiger partial charge on any atom is 0.199 e. The molecule has 1 aromatic carbocycles. The molecule has 4 heteroatoms. The Balaban J connectivity index is 2.69. The predicted molar refractivity (Wildman–Crippen MR) is 56.6 cm³/mol. The van der Waals surface area contributed by atoms with Gasteiger partial charge in [0.2, 0.25) is 0 Å². The second kappa shape index (κ2) is 3.06. The zero-order chi connectivity index (χ0) is 11.1. The number of benzene rings is 1. The summed E-state index contributed by atoms with van der Waals surface area (Å²) in [5, 5.41) is 24.8. The Morgan fingerprint density at radius 1 is 0.938 bits per heavy atom. The average molecular weight is 210 g/mol. The van der Waals surface area contributed by atoms with E-state index in [2.05, 4.69) is 9.97 Å². The monoisotopic (exact) mass is 210 g/mol. The van der Waals surface area contributed by atoms with Crippen molar-refractivity contribution in [3.8, 4) is 11.5 Å². The zero-order valence-electron chi connectivity index (χ0n) is 8.18. The van der Waals surface area contributed by atoms with E-state index < -0.39 is 11.5 Å². The molecule has 0 amide bonds. The van der Waals surface area contributed by atoms with Crippen LogP contribution >= 0.6 is 0 Å². The van der Waals surface area contributed by atoms with Gasteiger partial charge in [0.1, 0.15) is 5.52 Å². The molecule has 0 atom stereocenters. The first-order valence-electron chi connectivity index (χ1n) is 4.78. The van der Waals surface area contributed by atoms with Crippen molar-refractivity contribution in [2.75, 3.05) is 0 Å². The second-order valence-corrected chi connectivity index (χ2v) is 3.46. The van der Waals surface area contributed by atoms with Crippen molar-refractivity contribution in [3.63, 3.8) is 0 Å². The summed E-state index contributed by atoms with van der Waals surface area (Å²) in [6.45, 7) is 0. The largest absolute Gasteiger partial charge is 0.868 e. The molecule has 0 bridgehead atoms. The SMILES string of the molecule is [O]c1c([O-])c2ncccc2c2cccnc12. The van der Waals surface area contributed by atoms with Crippen molar-refractivity contribution >= 4 is 21.8 Å². The van der Waals surface area contributed by atoms with Crippen molar-refractivity contribution in [1.29, 1.82) is 0 Å². The fourth-order valence-electron chi connectivity index (χ4n) is 1.82. The lowest BCUT2D eigenvalue weighted by Crippen LogP contribution is -1.95. The average Bonchev–Trinajstić information content (AvgIpc) is 2.36. The molecule has 1 radical (unpaired) electrons. The molecular formula is C12H6N2O2-. The van der Waals surface area contributed by atoms with E-state index in [0.717, 1.165) is 0 Å². The van der Waals surface area contributed by atoms with Crippen LogP contribution in [-0.2, 0) is 5.11 Å². The smallest absolute Gasteiger partial charge is 0.199 e. The first kappa shape index (κ1) is 8.91. The minimum atomic E-state index is -0.582. The molecule has 0 aliphatic carbocycles. The Bertz CT molecular complexity index is 634. The fourth-order valence-corrected chi connectivity index (χ4v) is 1.82. The van der Waals surface area contributed by atoms with Gasteiger partial charge in [-0.3, -0.25) is 15.1 Å². The maximum absolute atomic E-state index is 11.7. The van der Waals surface area contributed by atoms with E-state index >= 15 is 0 Å². The molecule has 0 aliphatic heterocycles. The molecule has 3 rings (SSSR count). The fraction of sp³-hybridized carbons (Fsp3) is 0. The lowest BCUT2D eigenvalue weighted by atomic mass is 10.1. The molecule has 0 spiro atoms. The van der Waals surface area contributed by atoms with Crippen LogP contribution in [0.5, 0.6) is 11.5 Å². The Kier molecular flexibility index (Phi) is 1.71. The minimum Gasteiger partial charge on any atom is -0.868 e. The normalized spacial score (nSPS) is 11.0. The summed E-state index contributed by atoms with van der Waals surface area (Å²) in [7, 11) is 0. The van der Waals surface area contributed by atoms with Crippen LogP contribution in [0.15, 0.2) is 36.7 Å². The molecule has 0 saturated heterocycles. The van der Waals surface area contributed by atoms with Gasteiger partial charge in [0.15, 0.2) is 5.75 Å². The Morgan fingerprint density at radius 2 is 1.50 bits per heavy atom. The first-order valence-corrected chi connectivity index (χ1v) is 4.78. The quantitative estimate of drug-likeness (QED) is 0.533. The third-order valence-corrected chi connectivity index (χ3v) is 2.54. The van der Waals surface area contributed by atoms with Crippen molar-refractivity contribution in [1.82, 2.24) is 9.97 Å². The van der Waals surface area contributed by atoms with Crippen molar-refractivity contribution in [2.45, 2.75) is 0 Å². The molecule has 0 fully saturated rings. The number of pyridine rings is 2. The summed E-state index contributed by atoms with van der Waals surface area (Å²) in [5.41, 5.74) is 0.431. The number of nitrogens with zero attached hydrogens (tertiary/aromatic N) is 2. The Labute approximate surface area is 90.8 Å². The predicted octanol–water partition coefficient (Wildman–Crippen LogP) is 2.00. The van der Waals surface area contributed by atoms with E-state index in [0.29, 0.717) is 10.8 Å². The van der Waals surface area contributed by atoms with Crippen LogP contribution in [0.2, 0.25) is 0 Å². The van der Waals surface area contributed by atoms with Gasteiger partial charge < -0.3 is 5.11 Å². The van der Waals surface area contributed by atoms with Gasteiger partial charge in [-0.15, -0.1) is 0 Å². The number of rotatable bonds is 0. The molecule has 77 valence electrons. The number of hydrogen-bond donors (Lipinski definition) is 0. The van der Waals surface area contributed by atoms with E-state index in [1.165, 1.54) is 12.4 Å². The van der Waals surface area contributed by atoms with Crippen LogP contribution in [0.3, 0.4) is 0 Å². The lowest BCUT2D eigenvalue weighted by Gasteiger charge is -2.12. The molecule has 0 aliphatic rings. The van der Waals surface area contributed by atoms with E-state index in [1.54, 1.807) is 24.3 Å². The van der Waals surface area contributed by atoms with E-state index in [-0.39, 0.29) is 11.0 Å². The van der Waals surface area contributed by atoms with Gasteiger partial charge in [-0.1, -0.05) is 12.1 Å². The first-order chi connectivity index (χ1) is 7.79. The van der Waals surface area contributed by atoms with Crippen LogP contribution < -0.4 is 5.11 Å². The van der Waals surface area contributed by atoms with Crippen LogP contribution in [0.4, 0.5) is 0 Å². The summed E-state index contributed by atoms with van der Waals surface area (Å²) in [5.74, 6) is -1.16. The van der Waals surface area contributed by atoms with E-state index in [1.807, 2.05) is 0 Å². The summed E-state index contributed by atoms with van der Waals surface area (Å²) in [6.07, 6.45) is 3.01. The third kappa shape index (κ3) is 1.04. The Hall–Kier alpha value is -2.36. The molecule has 3 aromatic rings. The highest BCUT2D eigenvalue weighted by atomic mass is 16.3. The van der Waals surface area contributed by atoms with Gasteiger partial charge >= 0.3 is 0 Å². The number of aromatic nitrogens is 2. The van der Waals surface area contributed by atoms with Gasteiger partial charge in [0, 0.05) is 23.2 Å². The molecule has 2 aromatic heterocycles. The van der Waals surface area contributed by atoms with Crippen molar-refractivity contribution < 1.29 is 10.2 Å². The number of fused-ring (bicyclic) bond motifs is 3. The van der Waals surface area contributed by atoms with Gasteiger partial charge in [-0.2, -0.15) is 0 Å². The van der Waals surface area contributed by atoms with Gasteiger partial charge in [0.05, 0.1) is 5.52 Å². The summed E-state index contributed by atoms with van der Waals surface area (Å²) < 4.78 is 0. The summed E-state index contributed by atoms with van der Waals surface area (Å²) in [6, 6.07) is 7.01. The van der Waals surface area contributed by atoms with E-state index in [4.69, 9.17) is 0 Å². The lowest BCUT2D eigenvalue weighted by molar-refractivity contribution is -0.268. The van der Waals surface area contributed by atoms with Gasteiger partial charge in [-0.05, 0) is 17.9 Å². The molecule has 4 nitrogen and oxygen atoms in total. The standard InChI is InChI=1S/C12H7N2O2/c15-11-9-7(3-1-5-13-9)8-4-2-6-14-10(8)12(11)16/h1-6,15H/p-1. The molecular weight excluding hydrogens is 204 g/mol. The zero-order valence-corrected chi connectivity index (χ0v) is 8.18.